The van der Waals surface area contributed by atoms with Crippen LogP contribution >= 0.6 is 0 Å². The second-order valence-corrected chi connectivity index (χ2v) is 8.71. The van der Waals surface area contributed by atoms with Gasteiger partial charge in [-0.15, -0.1) is 0 Å². The first-order valence-corrected chi connectivity index (χ1v) is 12.3. The van der Waals surface area contributed by atoms with Crippen LogP contribution in [-0.2, 0) is 13.0 Å². The lowest BCUT2D eigenvalue weighted by molar-refractivity contribution is 0.0952. The highest BCUT2D eigenvalue weighted by molar-refractivity contribution is 5.95. The Morgan fingerprint density at radius 3 is 2.30 bits per heavy atom. The van der Waals surface area contributed by atoms with Gasteiger partial charge in [0.15, 0.2) is 11.5 Å². The molecule has 1 aromatic heterocycles. The molecule has 3 aromatic carbocycles. The number of carbonyl (C=O) groups is 1. The molecule has 1 N–H and O–H groups in total. The number of hydrogen-bond acceptors (Lipinski definition) is 5. The molecule has 0 radical (unpaired) electrons. The van der Waals surface area contributed by atoms with Gasteiger partial charge in [-0.25, -0.2) is 9.37 Å². The van der Waals surface area contributed by atoms with Crippen molar-refractivity contribution in [3.63, 3.8) is 0 Å². The number of rotatable bonds is 12. The largest absolute Gasteiger partial charge is 0.493 e. The first-order chi connectivity index (χ1) is 18.0. The smallest absolute Gasteiger partial charge is 0.251 e. The highest BCUT2D eigenvalue weighted by Crippen LogP contribution is 2.38. The summed E-state index contributed by atoms with van der Waals surface area (Å²) in [7, 11) is 4.57. The molecule has 0 fully saturated rings. The summed E-state index contributed by atoms with van der Waals surface area (Å²) in [6, 6.07) is 17.9. The van der Waals surface area contributed by atoms with Crippen molar-refractivity contribution in [2.75, 3.05) is 27.9 Å². The Morgan fingerprint density at radius 1 is 0.919 bits per heavy atom. The van der Waals surface area contributed by atoms with Gasteiger partial charge in [-0.1, -0.05) is 30.7 Å². The van der Waals surface area contributed by atoms with Gasteiger partial charge >= 0.3 is 0 Å². The first-order valence-electron chi connectivity index (χ1n) is 12.3. The summed E-state index contributed by atoms with van der Waals surface area (Å²) in [6.07, 6.45) is 3.53. The Bertz CT molecular complexity index is 1330. The molecule has 0 spiro atoms. The van der Waals surface area contributed by atoms with Crippen LogP contribution in [0.25, 0.3) is 11.0 Å². The highest BCUT2D eigenvalue weighted by atomic mass is 19.1. The normalized spacial score (nSPS) is 10.9. The maximum atomic E-state index is 13.3. The number of imidazole rings is 1. The van der Waals surface area contributed by atoms with Gasteiger partial charge in [0.2, 0.25) is 5.75 Å². The van der Waals surface area contributed by atoms with Crippen molar-refractivity contribution >= 4 is 16.9 Å². The van der Waals surface area contributed by atoms with Crippen LogP contribution in [0, 0.1) is 5.82 Å². The van der Waals surface area contributed by atoms with Gasteiger partial charge in [0.05, 0.1) is 32.4 Å². The van der Waals surface area contributed by atoms with Gasteiger partial charge in [-0.2, -0.15) is 0 Å². The van der Waals surface area contributed by atoms with Crippen molar-refractivity contribution < 1.29 is 23.4 Å². The van der Waals surface area contributed by atoms with Crippen molar-refractivity contribution in [1.29, 1.82) is 0 Å². The number of halogens is 1. The molecular formula is C29H32FN3O4. The summed E-state index contributed by atoms with van der Waals surface area (Å²) in [5.41, 5.74) is 3.50. The Labute approximate surface area is 216 Å². The highest BCUT2D eigenvalue weighted by Gasteiger charge is 2.17. The lowest BCUT2D eigenvalue weighted by atomic mass is 10.1. The molecule has 4 aromatic rings. The first kappa shape index (κ1) is 26.0. The van der Waals surface area contributed by atoms with Crippen LogP contribution in [0.3, 0.4) is 0 Å². The maximum absolute atomic E-state index is 13.3. The molecule has 0 aliphatic rings. The molecule has 0 atom stereocenters. The Morgan fingerprint density at radius 2 is 1.62 bits per heavy atom. The van der Waals surface area contributed by atoms with Crippen LogP contribution in [0.2, 0.25) is 0 Å². The molecule has 4 rings (SSSR count). The van der Waals surface area contributed by atoms with E-state index in [0.717, 1.165) is 48.1 Å². The second kappa shape index (κ2) is 12.3. The lowest BCUT2D eigenvalue weighted by Crippen LogP contribution is -2.24. The number of benzene rings is 3. The number of carbonyl (C=O) groups excluding carboxylic acids is 1. The number of ether oxygens (including phenoxy) is 3. The molecule has 0 aliphatic carbocycles. The number of hydrogen-bond donors (Lipinski definition) is 1. The van der Waals surface area contributed by atoms with Gasteiger partial charge in [0, 0.05) is 25.1 Å². The van der Waals surface area contributed by atoms with E-state index in [-0.39, 0.29) is 11.7 Å². The summed E-state index contributed by atoms with van der Waals surface area (Å²) >= 11 is 0. The third-order valence-electron chi connectivity index (χ3n) is 6.28. The minimum Gasteiger partial charge on any atom is -0.493 e. The predicted octanol–water partition coefficient (Wildman–Crippen LogP) is 5.39. The van der Waals surface area contributed by atoms with E-state index in [2.05, 4.69) is 16.0 Å². The number of fused-ring (bicyclic) bond motifs is 1. The van der Waals surface area contributed by atoms with E-state index in [1.54, 1.807) is 12.1 Å². The Balaban J connectivity index is 1.32. The molecule has 1 heterocycles. The average Bonchev–Trinajstić information content (AvgIpc) is 3.27. The third-order valence-corrected chi connectivity index (χ3v) is 6.28. The summed E-state index contributed by atoms with van der Waals surface area (Å²) in [4.78, 5) is 17.5. The molecule has 8 heteroatoms. The zero-order valence-electron chi connectivity index (χ0n) is 21.4. The van der Waals surface area contributed by atoms with Gasteiger partial charge in [0.25, 0.3) is 5.91 Å². The lowest BCUT2D eigenvalue weighted by Gasteiger charge is -2.14. The molecule has 0 aliphatic heterocycles. The van der Waals surface area contributed by atoms with E-state index in [4.69, 9.17) is 19.2 Å². The molecule has 1 amide bonds. The van der Waals surface area contributed by atoms with E-state index in [1.807, 2.05) is 30.3 Å². The maximum Gasteiger partial charge on any atom is 0.251 e. The van der Waals surface area contributed by atoms with Crippen LogP contribution < -0.4 is 19.5 Å². The molecule has 37 heavy (non-hydrogen) atoms. The fourth-order valence-corrected chi connectivity index (χ4v) is 4.37. The van der Waals surface area contributed by atoms with Crippen molar-refractivity contribution in [2.24, 2.45) is 0 Å². The number of unbranched alkanes of at least 4 members (excludes halogenated alkanes) is 2. The van der Waals surface area contributed by atoms with Crippen molar-refractivity contribution in [1.82, 2.24) is 14.9 Å². The SMILES string of the molecule is COc1cc(C(=O)NCCCCCc2nc3ccccc3n2Cc2ccc(F)cc2)cc(OC)c1OC. The molecule has 0 saturated heterocycles. The van der Waals surface area contributed by atoms with Crippen LogP contribution in [0.5, 0.6) is 17.2 Å². The second-order valence-electron chi connectivity index (χ2n) is 8.71. The fraction of sp³-hybridized carbons (Fsp3) is 0.310. The topological polar surface area (TPSA) is 74.6 Å². The monoisotopic (exact) mass is 505 g/mol. The van der Waals surface area contributed by atoms with Gasteiger partial charge in [-0.3, -0.25) is 4.79 Å². The summed E-state index contributed by atoms with van der Waals surface area (Å²) in [6.45, 7) is 1.20. The predicted molar refractivity (Wildman–Crippen MR) is 141 cm³/mol. The molecule has 194 valence electrons. The van der Waals surface area contributed by atoms with E-state index in [9.17, 15) is 9.18 Å². The number of methoxy groups -OCH3 is 3. The van der Waals surface area contributed by atoms with Crippen LogP contribution in [0.4, 0.5) is 4.39 Å². The molecular weight excluding hydrogens is 473 g/mol. The average molecular weight is 506 g/mol. The zero-order chi connectivity index (χ0) is 26.2. The molecule has 0 bridgehead atoms. The standard InChI is InChI=1S/C29H32FN3O4/c1-35-25-17-21(18-26(36-2)28(25)37-3)29(34)31-16-8-4-5-11-27-32-23-9-6-7-10-24(23)33(27)19-20-12-14-22(30)15-13-20/h6-7,9-10,12-15,17-18H,4-5,8,11,16,19H2,1-3H3,(H,31,34). The van der Waals surface area contributed by atoms with Crippen molar-refractivity contribution in [3.8, 4) is 17.2 Å². The minimum absolute atomic E-state index is 0.194. The van der Waals surface area contributed by atoms with Gasteiger partial charge in [0.1, 0.15) is 11.6 Å². The summed E-state index contributed by atoms with van der Waals surface area (Å²) < 4.78 is 31.5. The number of nitrogens with one attached hydrogen (secondary N) is 1. The quantitative estimate of drug-likeness (QED) is 0.261. The number of para-hydroxylation sites is 2. The van der Waals surface area contributed by atoms with Gasteiger partial charge < -0.3 is 24.1 Å². The number of amides is 1. The zero-order valence-corrected chi connectivity index (χ0v) is 21.4. The van der Waals surface area contributed by atoms with Crippen LogP contribution in [-0.4, -0.2) is 43.3 Å². The fourth-order valence-electron chi connectivity index (χ4n) is 4.37. The summed E-state index contributed by atoms with van der Waals surface area (Å²) in [5, 5.41) is 2.97. The van der Waals surface area contributed by atoms with E-state index >= 15 is 0 Å². The Kier molecular flexibility index (Phi) is 8.61. The summed E-state index contributed by atoms with van der Waals surface area (Å²) in [5.74, 6) is 1.90. The minimum atomic E-state index is -0.239. The third kappa shape index (κ3) is 6.20. The molecule has 0 saturated carbocycles. The molecule has 0 unspecified atom stereocenters. The van der Waals surface area contributed by atoms with Crippen LogP contribution in [0.15, 0.2) is 60.7 Å². The Hall–Kier alpha value is -4.07. The van der Waals surface area contributed by atoms with Crippen molar-refractivity contribution in [3.05, 3.63) is 83.4 Å². The van der Waals surface area contributed by atoms with E-state index in [0.29, 0.717) is 35.9 Å². The molecule has 7 nitrogen and oxygen atoms in total. The number of aryl methyl sites for hydroxylation is 1. The van der Waals surface area contributed by atoms with E-state index < -0.39 is 0 Å². The number of aromatic nitrogens is 2. The van der Waals surface area contributed by atoms with Crippen molar-refractivity contribution in [2.45, 2.75) is 32.2 Å². The van der Waals surface area contributed by atoms with E-state index in [1.165, 1.54) is 33.5 Å². The van der Waals surface area contributed by atoms with Crippen LogP contribution in [0.1, 0.15) is 41.0 Å². The van der Waals surface area contributed by atoms with Gasteiger partial charge in [-0.05, 0) is 54.8 Å². The number of nitrogens with zero attached hydrogens (tertiary/aromatic N) is 2.